The van der Waals surface area contributed by atoms with Gasteiger partial charge >= 0.3 is 5.69 Å². The Labute approximate surface area is 204 Å². The molecule has 1 aliphatic rings. The third-order valence-corrected chi connectivity index (χ3v) is 6.72. The van der Waals surface area contributed by atoms with Gasteiger partial charge in [-0.2, -0.15) is 0 Å². The summed E-state index contributed by atoms with van der Waals surface area (Å²) in [5.74, 6) is 0.285. The molecule has 0 spiro atoms. The van der Waals surface area contributed by atoms with Crippen molar-refractivity contribution in [2.24, 2.45) is 5.92 Å². The van der Waals surface area contributed by atoms with Crippen LogP contribution in [0.2, 0.25) is 0 Å². The van der Waals surface area contributed by atoms with Crippen molar-refractivity contribution in [2.75, 3.05) is 17.2 Å². The molecule has 3 aromatic rings. The van der Waals surface area contributed by atoms with Gasteiger partial charge in [0.25, 0.3) is 5.56 Å². The average molecular weight is 476 g/mol. The number of aromatic amines is 1. The molecule has 1 heterocycles. The van der Waals surface area contributed by atoms with E-state index < -0.39 is 11.2 Å². The lowest BCUT2D eigenvalue weighted by Gasteiger charge is -2.31. The summed E-state index contributed by atoms with van der Waals surface area (Å²) in [5.41, 5.74) is 7.17. The Hall–Kier alpha value is -3.81. The van der Waals surface area contributed by atoms with Gasteiger partial charge in [0.1, 0.15) is 11.5 Å². The van der Waals surface area contributed by atoms with Crippen molar-refractivity contribution in [3.05, 3.63) is 92.6 Å². The number of aromatic nitrogens is 2. The molecule has 4 rings (SSSR count). The minimum absolute atomic E-state index is 0.0392. The molecule has 1 saturated carbocycles. The van der Waals surface area contributed by atoms with E-state index in [-0.39, 0.29) is 36.5 Å². The summed E-state index contributed by atoms with van der Waals surface area (Å²) in [5, 5.41) is 3.16. The molecule has 0 radical (unpaired) electrons. The zero-order valence-corrected chi connectivity index (χ0v) is 20.1. The molecule has 184 valence electrons. The second-order valence-electron chi connectivity index (χ2n) is 9.34. The molecule has 35 heavy (non-hydrogen) atoms. The third-order valence-electron chi connectivity index (χ3n) is 6.72. The number of carbonyl (C=O) groups is 1. The van der Waals surface area contributed by atoms with Crippen LogP contribution in [0.25, 0.3) is 0 Å². The summed E-state index contributed by atoms with van der Waals surface area (Å²) in [6.07, 6.45) is 4.33. The van der Waals surface area contributed by atoms with Gasteiger partial charge in [-0.3, -0.25) is 19.1 Å². The van der Waals surface area contributed by atoms with Crippen LogP contribution in [0.15, 0.2) is 70.3 Å². The Morgan fingerprint density at radius 1 is 1.03 bits per heavy atom. The van der Waals surface area contributed by atoms with Crippen LogP contribution in [0.5, 0.6) is 0 Å². The van der Waals surface area contributed by atoms with E-state index in [1.165, 1.54) is 11.0 Å². The summed E-state index contributed by atoms with van der Waals surface area (Å²) in [6, 6.07) is 19.1. The number of H-pyrrole nitrogens is 1. The van der Waals surface area contributed by atoms with Crippen LogP contribution < -0.4 is 27.2 Å². The van der Waals surface area contributed by atoms with Gasteiger partial charge in [0.05, 0.1) is 13.1 Å². The van der Waals surface area contributed by atoms with Crippen LogP contribution in [0.3, 0.4) is 0 Å². The molecule has 1 aliphatic carbocycles. The number of anilines is 2. The second-order valence-corrected chi connectivity index (χ2v) is 9.34. The number of nitrogen functional groups attached to an aromatic ring is 1. The highest BCUT2D eigenvalue weighted by Gasteiger charge is 2.26. The Kier molecular flexibility index (Phi) is 7.70. The van der Waals surface area contributed by atoms with Crippen LogP contribution in [-0.2, 0) is 17.9 Å². The molecular weight excluding hydrogens is 442 g/mol. The van der Waals surface area contributed by atoms with Gasteiger partial charge in [-0.15, -0.1) is 0 Å². The number of nitrogens with one attached hydrogen (secondary N) is 2. The van der Waals surface area contributed by atoms with E-state index in [0.717, 1.165) is 30.4 Å². The highest BCUT2D eigenvalue weighted by atomic mass is 16.2. The summed E-state index contributed by atoms with van der Waals surface area (Å²) in [7, 11) is 0. The normalized spacial score (nSPS) is 17.6. The molecule has 2 unspecified atom stereocenters. The van der Waals surface area contributed by atoms with E-state index >= 15 is 0 Å². The monoisotopic (exact) mass is 475 g/mol. The van der Waals surface area contributed by atoms with Gasteiger partial charge in [-0.1, -0.05) is 80.4 Å². The van der Waals surface area contributed by atoms with E-state index in [4.69, 9.17) is 5.73 Å². The number of benzene rings is 2. The summed E-state index contributed by atoms with van der Waals surface area (Å²) in [6.45, 7) is 2.62. The standard InChI is InChI=1S/C27H33N5O3/c1-19-10-8-9-15-22(19)29-23(33)18-31(16-20-11-4-2-5-12-20)24-25(28)32(27(35)30-26(24)34)17-21-13-6-3-7-14-21/h2-7,11-14,19,22H,8-10,15-18,28H2,1H3,(H,29,33)(H,30,34,35). The van der Waals surface area contributed by atoms with Gasteiger partial charge in [0.15, 0.2) is 0 Å². The van der Waals surface area contributed by atoms with Gasteiger partial charge in [0.2, 0.25) is 5.91 Å². The number of rotatable bonds is 8. The summed E-state index contributed by atoms with van der Waals surface area (Å²) >= 11 is 0. The zero-order chi connectivity index (χ0) is 24.8. The molecule has 2 atom stereocenters. The maximum atomic E-state index is 13.1. The third kappa shape index (κ3) is 6.01. The molecule has 0 saturated heterocycles. The molecule has 1 amide bonds. The Morgan fingerprint density at radius 3 is 2.31 bits per heavy atom. The van der Waals surface area contributed by atoms with Gasteiger partial charge in [-0.05, 0) is 29.9 Å². The van der Waals surface area contributed by atoms with Crippen molar-refractivity contribution in [1.82, 2.24) is 14.9 Å². The molecule has 0 bridgehead atoms. The molecule has 2 aromatic carbocycles. The fourth-order valence-electron chi connectivity index (χ4n) is 4.78. The first-order valence-corrected chi connectivity index (χ1v) is 12.2. The lowest BCUT2D eigenvalue weighted by atomic mass is 9.86. The molecule has 8 nitrogen and oxygen atoms in total. The highest BCUT2D eigenvalue weighted by molar-refractivity contribution is 5.82. The Bertz CT molecular complexity index is 1250. The highest BCUT2D eigenvalue weighted by Crippen LogP contribution is 2.24. The minimum Gasteiger partial charge on any atom is -0.383 e. The van der Waals surface area contributed by atoms with Crippen LogP contribution in [0.4, 0.5) is 11.5 Å². The zero-order valence-electron chi connectivity index (χ0n) is 20.1. The van der Waals surface area contributed by atoms with Crippen molar-refractivity contribution in [3.8, 4) is 0 Å². The fraction of sp³-hybridized carbons (Fsp3) is 0.370. The molecular formula is C27H33N5O3. The van der Waals surface area contributed by atoms with Crippen molar-refractivity contribution in [3.63, 3.8) is 0 Å². The first-order chi connectivity index (χ1) is 16.9. The lowest BCUT2D eigenvalue weighted by molar-refractivity contribution is -0.121. The number of carbonyl (C=O) groups excluding carboxylic acids is 1. The van der Waals surface area contributed by atoms with Crippen LogP contribution in [0, 0.1) is 5.92 Å². The largest absolute Gasteiger partial charge is 0.383 e. The number of nitrogens with two attached hydrogens (primary N) is 1. The maximum Gasteiger partial charge on any atom is 0.330 e. The van der Waals surface area contributed by atoms with Crippen molar-refractivity contribution in [2.45, 2.75) is 51.7 Å². The molecule has 1 aromatic heterocycles. The van der Waals surface area contributed by atoms with Crippen molar-refractivity contribution < 1.29 is 4.79 Å². The predicted molar refractivity (Wildman–Crippen MR) is 138 cm³/mol. The van der Waals surface area contributed by atoms with Crippen molar-refractivity contribution in [1.29, 1.82) is 0 Å². The minimum atomic E-state index is -0.605. The van der Waals surface area contributed by atoms with Gasteiger partial charge < -0.3 is 16.0 Å². The van der Waals surface area contributed by atoms with E-state index in [0.29, 0.717) is 12.5 Å². The molecule has 8 heteroatoms. The predicted octanol–water partition coefficient (Wildman–Crippen LogP) is 2.87. The Balaban J connectivity index is 1.67. The number of nitrogens with zero attached hydrogens (tertiary/aromatic N) is 2. The lowest BCUT2D eigenvalue weighted by Crippen LogP contribution is -2.47. The van der Waals surface area contributed by atoms with Crippen LogP contribution >= 0.6 is 0 Å². The number of hydrogen-bond acceptors (Lipinski definition) is 5. The molecule has 4 N–H and O–H groups in total. The van der Waals surface area contributed by atoms with Crippen LogP contribution in [0.1, 0.15) is 43.7 Å². The summed E-state index contributed by atoms with van der Waals surface area (Å²) in [4.78, 5) is 42.8. The fourth-order valence-corrected chi connectivity index (χ4v) is 4.78. The average Bonchev–Trinajstić information content (AvgIpc) is 2.84. The van der Waals surface area contributed by atoms with E-state index in [1.54, 1.807) is 4.90 Å². The maximum absolute atomic E-state index is 13.1. The van der Waals surface area contributed by atoms with Gasteiger partial charge in [-0.25, -0.2) is 4.79 Å². The van der Waals surface area contributed by atoms with E-state index in [1.807, 2.05) is 60.7 Å². The molecule has 0 aliphatic heterocycles. The molecule has 1 fully saturated rings. The topological polar surface area (TPSA) is 113 Å². The number of amides is 1. The first kappa shape index (κ1) is 24.3. The van der Waals surface area contributed by atoms with Gasteiger partial charge in [0, 0.05) is 12.6 Å². The first-order valence-electron chi connectivity index (χ1n) is 12.2. The SMILES string of the molecule is CC1CCCCC1NC(=O)CN(Cc1ccccc1)c1c(N)n(Cc2ccccc2)c(=O)[nH]c1=O. The van der Waals surface area contributed by atoms with Crippen molar-refractivity contribution >= 4 is 17.4 Å². The van der Waals surface area contributed by atoms with E-state index in [2.05, 4.69) is 17.2 Å². The quantitative estimate of drug-likeness (QED) is 0.464. The second kappa shape index (κ2) is 11.1. The van der Waals surface area contributed by atoms with E-state index in [9.17, 15) is 14.4 Å². The number of hydrogen-bond donors (Lipinski definition) is 3. The van der Waals surface area contributed by atoms with Crippen LogP contribution in [-0.4, -0.2) is 28.0 Å². The summed E-state index contributed by atoms with van der Waals surface area (Å²) < 4.78 is 1.34. The smallest absolute Gasteiger partial charge is 0.330 e. The Morgan fingerprint density at radius 2 is 1.66 bits per heavy atom.